The van der Waals surface area contributed by atoms with E-state index in [0.29, 0.717) is 28.6 Å². The van der Waals surface area contributed by atoms with Gasteiger partial charge in [0.2, 0.25) is 0 Å². The summed E-state index contributed by atoms with van der Waals surface area (Å²) in [4.78, 5) is 17.0. The highest BCUT2D eigenvalue weighted by molar-refractivity contribution is 6.32. The van der Waals surface area contributed by atoms with Gasteiger partial charge in [-0.1, -0.05) is 23.7 Å². The van der Waals surface area contributed by atoms with Gasteiger partial charge in [0.25, 0.3) is 5.91 Å². The van der Waals surface area contributed by atoms with Crippen molar-refractivity contribution in [2.75, 3.05) is 14.2 Å². The summed E-state index contributed by atoms with van der Waals surface area (Å²) >= 11 is 6.15. The first-order valence-corrected chi connectivity index (χ1v) is 8.03. The Morgan fingerprint density at radius 3 is 2.68 bits per heavy atom. The lowest BCUT2D eigenvalue weighted by molar-refractivity contribution is 0.0949. The molecule has 1 N–H and O–H groups in total. The Hall–Kier alpha value is -2.73. The van der Waals surface area contributed by atoms with Crippen molar-refractivity contribution in [2.45, 2.75) is 6.54 Å². The number of carbonyl (C=O) groups excluding carboxylic acids is 1. The Kier molecular flexibility index (Phi) is 4.81. The van der Waals surface area contributed by atoms with Crippen molar-refractivity contribution in [3.05, 3.63) is 52.8 Å². The topological polar surface area (TPSA) is 65.4 Å². The van der Waals surface area contributed by atoms with Crippen LogP contribution < -0.4 is 14.8 Å². The van der Waals surface area contributed by atoms with Gasteiger partial charge < -0.3 is 19.4 Å². The van der Waals surface area contributed by atoms with Gasteiger partial charge in [0, 0.05) is 12.6 Å². The van der Waals surface area contributed by atoms with Crippen LogP contribution in [0.4, 0.5) is 0 Å². The molecule has 0 spiro atoms. The number of amides is 1. The molecule has 0 aliphatic heterocycles. The molecule has 130 valence electrons. The van der Waals surface area contributed by atoms with E-state index in [9.17, 15) is 4.79 Å². The summed E-state index contributed by atoms with van der Waals surface area (Å²) in [7, 11) is 4.91. The number of aryl methyl sites for hydroxylation is 1. The minimum absolute atomic E-state index is 0.269. The van der Waals surface area contributed by atoms with Crippen molar-refractivity contribution >= 4 is 28.5 Å². The third-order valence-corrected chi connectivity index (χ3v) is 4.26. The van der Waals surface area contributed by atoms with Crippen LogP contribution in [-0.2, 0) is 13.6 Å². The zero-order chi connectivity index (χ0) is 18.0. The van der Waals surface area contributed by atoms with Crippen molar-refractivity contribution < 1.29 is 14.3 Å². The van der Waals surface area contributed by atoms with Crippen LogP contribution in [0.1, 0.15) is 16.2 Å². The molecule has 0 radical (unpaired) electrons. The third kappa shape index (κ3) is 3.25. The first kappa shape index (κ1) is 17.1. The second kappa shape index (κ2) is 7.03. The normalized spacial score (nSPS) is 10.7. The molecule has 0 saturated heterocycles. The molecule has 1 amide bonds. The molecule has 25 heavy (non-hydrogen) atoms. The van der Waals surface area contributed by atoms with E-state index in [4.69, 9.17) is 21.1 Å². The van der Waals surface area contributed by atoms with Gasteiger partial charge in [-0.25, -0.2) is 4.98 Å². The second-order valence-corrected chi connectivity index (χ2v) is 5.86. The van der Waals surface area contributed by atoms with E-state index in [0.717, 1.165) is 16.9 Å². The van der Waals surface area contributed by atoms with Crippen molar-refractivity contribution in [2.24, 2.45) is 7.05 Å². The van der Waals surface area contributed by atoms with E-state index in [1.165, 1.54) is 14.2 Å². The molecule has 0 bridgehead atoms. The molecule has 0 atom stereocenters. The molecule has 1 heterocycles. The van der Waals surface area contributed by atoms with Gasteiger partial charge in [0.05, 0.1) is 36.8 Å². The molecule has 1 aromatic heterocycles. The maximum absolute atomic E-state index is 12.5. The summed E-state index contributed by atoms with van der Waals surface area (Å²) < 4.78 is 12.4. The number of aromatic nitrogens is 2. The lowest BCUT2D eigenvalue weighted by atomic mass is 10.2. The SMILES string of the molecule is COc1cc(C(=O)NCc2nc3ccccc3n2C)cc(Cl)c1OC. The van der Waals surface area contributed by atoms with Crippen LogP contribution in [0, 0.1) is 0 Å². The summed E-state index contributed by atoms with van der Waals surface area (Å²) in [5.41, 5.74) is 2.30. The predicted octanol–water partition coefficient (Wildman–Crippen LogP) is 3.17. The van der Waals surface area contributed by atoms with Crippen LogP contribution in [-0.4, -0.2) is 29.7 Å². The minimum atomic E-state index is -0.269. The number of imidazole rings is 1. The highest BCUT2D eigenvalue weighted by Gasteiger charge is 2.16. The summed E-state index contributed by atoms with van der Waals surface area (Å²) in [6.07, 6.45) is 0. The van der Waals surface area contributed by atoms with Crippen molar-refractivity contribution in [1.29, 1.82) is 0 Å². The van der Waals surface area contributed by atoms with E-state index in [2.05, 4.69) is 10.3 Å². The summed E-state index contributed by atoms with van der Waals surface area (Å²) in [6, 6.07) is 11.0. The van der Waals surface area contributed by atoms with E-state index < -0.39 is 0 Å². The monoisotopic (exact) mass is 359 g/mol. The molecule has 3 rings (SSSR count). The van der Waals surface area contributed by atoms with Gasteiger partial charge in [-0.3, -0.25) is 4.79 Å². The summed E-state index contributed by atoms with van der Waals surface area (Å²) in [5, 5.41) is 3.17. The summed E-state index contributed by atoms with van der Waals surface area (Å²) in [5.74, 6) is 1.30. The Labute approximate surface area is 150 Å². The number of methoxy groups -OCH3 is 2. The summed E-state index contributed by atoms with van der Waals surface area (Å²) in [6.45, 7) is 0.302. The van der Waals surface area contributed by atoms with E-state index in [1.807, 2.05) is 35.9 Å². The van der Waals surface area contributed by atoms with Gasteiger partial charge in [-0.15, -0.1) is 0 Å². The molecule has 0 fully saturated rings. The number of carbonyl (C=O) groups is 1. The third-order valence-electron chi connectivity index (χ3n) is 3.98. The average Bonchev–Trinajstić information content (AvgIpc) is 2.95. The maximum atomic E-state index is 12.5. The van der Waals surface area contributed by atoms with Crippen LogP contribution in [0.2, 0.25) is 5.02 Å². The molecule has 0 unspecified atom stereocenters. The maximum Gasteiger partial charge on any atom is 0.251 e. The highest BCUT2D eigenvalue weighted by atomic mass is 35.5. The fourth-order valence-corrected chi connectivity index (χ4v) is 2.95. The molecule has 0 saturated carbocycles. The number of rotatable bonds is 5. The Balaban J connectivity index is 1.80. The van der Waals surface area contributed by atoms with Crippen molar-refractivity contribution in [1.82, 2.24) is 14.9 Å². The van der Waals surface area contributed by atoms with Crippen LogP contribution >= 0.6 is 11.6 Å². The lowest BCUT2D eigenvalue weighted by Gasteiger charge is -2.12. The Morgan fingerprint density at radius 2 is 2.00 bits per heavy atom. The predicted molar refractivity (Wildman–Crippen MR) is 96.4 cm³/mol. The van der Waals surface area contributed by atoms with Crippen LogP contribution in [0.3, 0.4) is 0 Å². The fraction of sp³-hybridized carbons (Fsp3) is 0.222. The molecule has 7 heteroatoms. The quantitative estimate of drug-likeness (QED) is 0.760. The zero-order valence-corrected chi connectivity index (χ0v) is 14.9. The smallest absolute Gasteiger partial charge is 0.251 e. The Morgan fingerprint density at radius 1 is 1.24 bits per heavy atom. The van der Waals surface area contributed by atoms with Crippen LogP contribution in [0.25, 0.3) is 11.0 Å². The number of nitrogens with zero attached hydrogens (tertiary/aromatic N) is 2. The van der Waals surface area contributed by atoms with Gasteiger partial charge in [0.15, 0.2) is 11.5 Å². The number of hydrogen-bond acceptors (Lipinski definition) is 4. The average molecular weight is 360 g/mol. The van der Waals surface area contributed by atoms with E-state index in [-0.39, 0.29) is 5.91 Å². The molecular formula is C18H18ClN3O3. The lowest BCUT2D eigenvalue weighted by Crippen LogP contribution is -2.24. The number of para-hydroxylation sites is 2. The number of hydrogen-bond donors (Lipinski definition) is 1. The number of halogens is 1. The molecule has 0 aliphatic carbocycles. The van der Waals surface area contributed by atoms with Crippen molar-refractivity contribution in [3.8, 4) is 11.5 Å². The second-order valence-electron chi connectivity index (χ2n) is 5.45. The fourth-order valence-electron chi connectivity index (χ4n) is 2.66. The molecule has 6 nitrogen and oxygen atoms in total. The Bertz CT molecular complexity index is 937. The number of fused-ring (bicyclic) bond motifs is 1. The molecule has 2 aromatic carbocycles. The standard InChI is InChI=1S/C18H18ClN3O3/c1-22-14-7-5-4-6-13(14)21-16(22)10-20-18(23)11-8-12(19)17(25-3)15(9-11)24-2/h4-9H,10H2,1-3H3,(H,20,23). The van der Waals surface area contributed by atoms with Crippen molar-refractivity contribution in [3.63, 3.8) is 0 Å². The first-order valence-electron chi connectivity index (χ1n) is 7.65. The van der Waals surface area contributed by atoms with Crippen LogP contribution in [0.15, 0.2) is 36.4 Å². The molecular weight excluding hydrogens is 342 g/mol. The van der Waals surface area contributed by atoms with Gasteiger partial charge in [-0.2, -0.15) is 0 Å². The van der Waals surface area contributed by atoms with Gasteiger partial charge in [-0.05, 0) is 24.3 Å². The van der Waals surface area contributed by atoms with Gasteiger partial charge >= 0.3 is 0 Å². The minimum Gasteiger partial charge on any atom is -0.493 e. The number of benzene rings is 2. The number of nitrogens with one attached hydrogen (secondary N) is 1. The van der Waals surface area contributed by atoms with Crippen LogP contribution in [0.5, 0.6) is 11.5 Å². The highest BCUT2D eigenvalue weighted by Crippen LogP contribution is 2.35. The molecule has 0 aliphatic rings. The van der Waals surface area contributed by atoms with Gasteiger partial charge in [0.1, 0.15) is 5.82 Å². The largest absolute Gasteiger partial charge is 0.493 e. The number of ether oxygens (including phenoxy) is 2. The first-order chi connectivity index (χ1) is 12.0. The molecule has 3 aromatic rings. The zero-order valence-electron chi connectivity index (χ0n) is 14.2. The van der Waals surface area contributed by atoms with E-state index in [1.54, 1.807) is 12.1 Å². The van der Waals surface area contributed by atoms with E-state index >= 15 is 0 Å².